The molecule has 0 radical (unpaired) electrons. The van der Waals surface area contributed by atoms with E-state index in [9.17, 15) is 0 Å². The molecule has 2 rings (SSSR count). The molecule has 1 aromatic rings. The van der Waals surface area contributed by atoms with E-state index in [-0.39, 0.29) is 5.60 Å². The Morgan fingerprint density at radius 3 is 3.00 bits per heavy atom. The Bertz CT molecular complexity index is 424. The van der Waals surface area contributed by atoms with Gasteiger partial charge in [0.1, 0.15) is 0 Å². The van der Waals surface area contributed by atoms with E-state index < -0.39 is 0 Å². The number of nitrogens with zero attached hydrogens (tertiary/aromatic N) is 1. The lowest BCUT2D eigenvalue weighted by Crippen LogP contribution is -2.46. The van der Waals surface area contributed by atoms with Crippen molar-refractivity contribution in [3.8, 4) is 0 Å². The summed E-state index contributed by atoms with van der Waals surface area (Å²) in [6.07, 6.45) is 2.27. The fourth-order valence-electron chi connectivity index (χ4n) is 2.39. The van der Waals surface area contributed by atoms with Crippen LogP contribution in [0.3, 0.4) is 0 Å². The first-order chi connectivity index (χ1) is 9.63. The van der Waals surface area contributed by atoms with Gasteiger partial charge >= 0.3 is 0 Å². The van der Waals surface area contributed by atoms with Crippen molar-refractivity contribution in [2.45, 2.75) is 38.2 Å². The number of hydrogen-bond donors (Lipinski definition) is 2. The summed E-state index contributed by atoms with van der Waals surface area (Å²) in [6, 6.07) is 4.28. The summed E-state index contributed by atoms with van der Waals surface area (Å²) < 4.78 is 5.78. The van der Waals surface area contributed by atoms with Crippen molar-refractivity contribution >= 4 is 17.3 Å². The molecule has 5 heteroatoms. The molecular formula is C15H25N3OS. The van der Waals surface area contributed by atoms with Crippen LogP contribution in [-0.2, 0) is 4.74 Å². The molecule has 2 atom stereocenters. The highest BCUT2D eigenvalue weighted by molar-refractivity contribution is 7.10. The molecule has 20 heavy (non-hydrogen) atoms. The zero-order chi connectivity index (χ0) is 14.4. The van der Waals surface area contributed by atoms with Gasteiger partial charge in [-0.1, -0.05) is 13.0 Å². The standard InChI is InChI=1S/C15H25N3OS/c1-12(13-6-4-9-20-13)10-17-14(16-3)18-11-15(2)7-5-8-19-15/h4,6,9,12H,5,7-8,10-11H2,1-3H3,(H2,16,17,18). The number of hydrogen-bond acceptors (Lipinski definition) is 3. The van der Waals surface area contributed by atoms with Crippen molar-refractivity contribution in [2.24, 2.45) is 4.99 Å². The summed E-state index contributed by atoms with van der Waals surface area (Å²) in [7, 11) is 1.81. The van der Waals surface area contributed by atoms with Gasteiger partial charge in [0.2, 0.25) is 0 Å². The van der Waals surface area contributed by atoms with Gasteiger partial charge in [0, 0.05) is 37.5 Å². The van der Waals surface area contributed by atoms with Crippen molar-refractivity contribution in [1.29, 1.82) is 0 Å². The van der Waals surface area contributed by atoms with E-state index in [1.54, 1.807) is 11.3 Å². The van der Waals surface area contributed by atoms with Gasteiger partial charge in [-0.3, -0.25) is 4.99 Å². The van der Waals surface area contributed by atoms with Gasteiger partial charge in [-0.25, -0.2) is 0 Å². The molecule has 4 nitrogen and oxygen atoms in total. The minimum absolute atomic E-state index is 0.0447. The highest BCUT2D eigenvalue weighted by Gasteiger charge is 2.29. The third-order valence-corrected chi connectivity index (χ3v) is 4.86. The molecular weight excluding hydrogens is 270 g/mol. The Hall–Kier alpha value is -1.07. The maximum Gasteiger partial charge on any atom is 0.191 e. The minimum Gasteiger partial charge on any atom is -0.373 e. The monoisotopic (exact) mass is 295 g/mol. The lowest BCUT2D eigenvalue weighted by Gasteiger charge is -2.25. The summed E-state index contributed by atoms with van der Waals surface area (Å²) in [4.78, 5) is 5.68. The molecule has 112 valence electrons. The van der Waals surface area contributed by atoms with Gasteiger partial charge < -0.3 is 15.4 Å². The van der Waals surface area contributed by atoms with Crippen LogP contribution in [0.15, 0.2) is 22.5 Å². The second kappa shape index (κ2) is 7.09. The van der Waals surface area contributed by atoms with E-state index in [4.69, 9.17) is 4.74 Å². The molecule has 2 N–H and O–H groups in total. The van der Waals surface area contributed by atoms with E-state index in [2.05, 4.69) is 47.0 Å². The van der Waals surface area contributed by atoms with Crippen LogP contribution < -0.4 is 10.6 Å². The van der Waals surface area contributed by atoms with Crippen molar-refractivity contribution in [3.05, 3.63) is 22.4 Å². The molecule has 1 saturated heterocycles. The average molecular weight is 295 g/mol. The Balaban J connectivity index is 1.75. The molecule has 0 aromatic carbocycles. The van der Waals surface area contributed by atoms with E-state index in [1.165, 1.54) is 4.88 Å². The largest absolute Gasteiger partial charge is 0.373 e. The maximum atomic E-state index is 5.78. The van der Waals surface area contributed by atoms with E-state index in [0.29, 0.717) is 5.92 Å². The Morgan fingerprint density at radius 1 is 1.55 bits per heavy atom. The zero-order valence-corrected chi connectivity index (χ0v) is 13.4. The first-order valence-corrected chi connectivity index (χ1v) is 8.13. The summed E-state index contributed by atoms with van der Waals surface area (Å²) >= 11 is 1.80. The molecule has 0 spiro atoms. The van der Waals surface area contributed by atoms with Crippen LogP contribution in [0.4, 0.5) is 0 Å². The topological polar surface area (TPSA) is 45.7 Å². The summed E-state index contributed by atoms with van der Waals surface area (Å²) in [5, 5.41) is 8.88. The van der Waals surface area contributed by atoms with Gasteiger partial charge in [0.25, 0.3) is 0 Å². The summed E-state index contributed by atoms with van der Waals surface area (Å²) in [5.41, 5.74) is -0.0447. The van der Waals surface area contributed by atoms with Gasteiger partial charge in [-0.05, 0) is 31.2 Å². The summed E-state index contributed by atoms with van der Waals surface area (Å²) in [5.74, 6) is 1.34. The maximum absolute atomic E-state index is 5.78. The quantitative estimate of drug-likeness (QED) is 0.648. The normalized spacial score (nSPS) is 24.6. The van der Waals surface area contributed by atoms with Crippen LogP contribution in [0, 0.1) is 0 Å². The van der Waals surface area contributed by atoms with Crippen molar-refractivity contribution in [2.75, 3.05) is 26.7 Å². The highest BCUT2D eigenvalue weighted by Crippen LogP contribution is 2.23. The van der Waals surface area contributed by atoms with Crippen LogP contribution in [0.25, 0.3) is 0 Å². The predicted molar refractivity (Wildman–Crippen MR) is 85.7 cm³/mol. The molecule has 1 fully saturated rings. The third-order valence-electron chi connectivity index (χ3n) is 3.76. The second-order valence-corrected chi connectivity index (χ2v) is 6.60. The SMILES string of the molecule is CN=C(NCC(C)c1cccs1)NCC1(C)CCCO1. The molecule has 0 amide bonds. The van der Waals surface area contributed by atoms with E-state index >= 15 is 0 Å². The van der Waals surface area contributed by atoms with Crippen molar-refractivity contribution < 1.29 is 4.74 Å². The number of thiophene rings is 1. The summed E-state index contributed by atoms with van der Waals surface area (Å²) in [6.45, 7) is 6.96. The Morgan fingerprint density at radius 2 is 2.40 bits per heavy atom. The fraction of sp³-hybridized carbons (Fsp3) is 0.667. The molecule has 0 saturated carbocycles. The van der Waals surface area contributed by atoms with Crippen molar-refractivity contribution in [1.82, 2.24) is 10.6 Å². The molecule has 0 aliphatic carbocycles. The molecule has 2 heterocycles. The Kier molecular flexibility index (Phi) is 5.43. The van der Waals surface area contributed by atoms with Crippen molar-refractivity contribution in [3.63, 3.8) is 0 Å². The molecule has 0 bridgehead atoms. The van der Waals surface area contributed by atoms with Gasteiger partial charge in [-0.2, -0.15) is 0 Å². The lowest BCUT2D eigenvalue weighted by atomic mass is 10.0. The second-order valence-electron chi connectivity index (χ2n) is 5.63. The first kappa shape index (κ1) is 15.3. The van der Waals surface area contributed by atoms with Crippen LogP contribution in [0.5, 0.6) is 0 Å². The smallest absolute Gasteiger partial charge is 0.191 e. The number of rotatable bonds is 5. The molecule has 1 aliphatic heterocycles. The lowest BCUT2D eigenvalue weighted by molar-refractivity contribution is 0.0243. The van der Waals surface area contributed by atoms with E-state index in [1.807, 2.05) is 7.05 Å². The number of ether oxygens (including phenoxy) is 1. The van der Waals surface area contributed by atoms with E-state index in [0.717, 1.165) is 38.5 Å². The first-order valence-electron chi connectivity index (χ1n) is 7.25. The molecule has 2 unspecified atom stereocenters. The van der Waals surface area contributed by atoms with Gasteiger partial charge in [0.15, 0.2) is 5.96 Å². The predicted octanol–water partition coefficient (Wildman–Crippen LogP) is 2.59. The number of nitrogens with one attached hydrogen (secondary N) is 2. The number of guanidine groups is 1. The number of aliphatic imine (C=N–C) groups is 1. The van der Waals surface area contributed by atoms with Crippen LogP contribution in [0.1, 0.15) is 37.5 Å². The Labute approximate surface area is 125 Å². The van der Waals surface area contributed by atoms with Crippen LogP contribution in [0.2, 0.25) is 0 Å². The molecule has 1 aromatic heterocycles. The zero-order valence-electron chi connectivity index (χ0n) is 12.6. The highest BCUT2D eigenvalue weighted by atomic mass is 32.1. The van der Waals surface area contributed by atoms with Gasteiger partial charge in [-0.15, -0.1) is 11.3 Å². The van der Waals surface area contributed by atoms with Gasteiger partial charge in [0.05, 0.1) is 5.60 Å². The fourth-order valence-corrected chi connectivity index (χ4v) is 3.18. The van der Waals surface area contributed by atoms with Crippen LogP contribution in [-0.4, -0.2) is 38.3 Å². The minimum atomic E-state index is -0.0447. The third kappa shape index (κ3) is 4.21. The van der Waals surface area contributed by atoms with Crippen LogP contribution >= 0.6 is 11.3 Å². The average Bonchev–Trinajstić information content (AvgIpc) is 3.10. The molecule has 1 aliphatic rings.